The number of nitrogens with zero attached hydrogens (tertiary/aromatic N) is 1. The Morgan fingerprint density at radius 1 is 1.24 bits per heavy atom. The number of benzene rings is 2. The van der Waals surface area contributed by atoms with Crippen LogP contribution in [-0.2, 0) is 6.42 Å². The van der Waals surface area contributed by atoms with E-state index in [1.54, 1.807) is 6.07 Å². The topological polar surface area (TPSA) is 108 Å². The monoisotopic (exact) mass is 339 g/mol. The van der Waals surface area contributed by atoms with E-state index >= 15 is 0 Å². The summed E-state index contributed by atoms with van der Waals surface area (Å²) in [7, 11) is 0. The number of aromatic nitrogens is 1. The third-order valence-electron chi connectivity index (χ3n) is 4.00. The molecule has 3 rings (SSSR count). The quantitative estimate of drug-likeness (QED) is 0.473. The van der Waals surface area contributed by atoms with Crippen LogP contribution in [0.3, 0.4) is 0 Å². The van der Waals surface area contributed by atoms with Crippen molar-refractivity contribution in [3.63, 3.8) is 0 Å². The van der Waals surface area contributed by atoms with Crippen LogP contribution < -0.4 is 5.32 Å². The first-order valence-electron chi connectivity index (χ1n) is 7.79. The van der Waals surface area contributed by atoms with E-state index in [1.165, 1.54) is 18.3 Å². The predicted octanol–water partition coefficient (Wildman–Crippen LogP) is 2.41. The van der Waals surface area contributed by atoms with Crippen molar-refractivity contribution in [2.75, 3.05) is 6.61 Å². The highest BCUT2D eigenvalue weighted by Crippen LogP contribution is 2.23. The molecule has 0 saturated heterocycles. The number of nitrogens with one attached hydrogen (secondary N) is 2. The summed E-state index contributed by atoms with van der Waals surface area (Å²) >= 11 is 0. The number of aliphatic hydroxyl groups is 1. The third kappa shape index (κ3) is 3.67. The maximum absolute atomic E-state index is 12.5. The third-order valence-corrected chi connectivity index (χ3v) is 4.00. The molecule has 1 amide bonds. The highest BCUT2D eigenvalue weighted by Gasteiger charge is 2.18. The molecule has 1 heterocycles. The number of carbonyl (C=O) groups excluding carboxylic acids is 1. The number of H-pyrrole nitrogens is 1. The molecule has 7 heteroatoms. The Morgan fingerprint density at radius 2 is 2.00 bits per heavy atom. The predicted molar refractivity (Wildman–Crippen MR) is 93.4 cm³/mol. The molecule has 0 spiro atoms. The number of hydrogen-bond donors (Lipinski definition) is 3. The summed E-state index contributed by atoms with van der Waals surface area (Å²) in [6.07, 6.45) is 2.01. The van der Waals surface area contributed by atoms with Crippen LogP contribution in [0.2, 0.25) is 0 Å². The molecule has 25 heavy (non-hydrogen) atoms. The Kier molecular flexibility index (Phi) is 4.76. The molecule has 0 bridgehead atoms. The van der Waals surface area contributed by atoms with Crippen LogP contribution in [0.25, 0.3) is 10.9 Å². The average molecular weight is 339 g/mol. The van der Waals surface area contributed by atoms with E-state index in [-0.39, 0.29) is 18.2 Å². The summed E-state index contributed by atoms with van der Waals surface area (Å²) in [6, 6.07) is 13.4. The van der Waals surface area contributed by atoms with Crippen molar-refractivity contribution in [2.24, 2.45) is 0 Å². The number of amides is 1. The van der Waals surface area contributed by atoms with Crippen molar-refractivity contribution in [1.29, 1.82) is 0 Å². The van der Waals surface area contributed by atoms with Crippen LogP contribution >= 0.6 is 0 Å². The number of nitro benzene ring substituents is 1. The Morgan fingerprint density at radius 3 is 2.68 bits per heavy atom. The molecule has 2 aromatic carbocycles. The van der Waals surface area contributed by atoms with E-state index in [0.717, 1.165) is 5.56 Å². The van der Waals surface area contributed by atoms with Crippen LogP contribution in [0.15, 0.2) is 54.7 Å². The number of non-ortho nitro benzene ring substituents is 1. The largest absolute Gasteiger partial charge is 0.394 e. The van der Waals surface area contributed by atoms with Gasteiger partial charge in [0.25, 0.3) is 11.6 Å². The van der Waals surface area contributed by atoms with Crippen molar-refractivity contribution >= 4 is 22.5 Å². The van der Waals surface area contributed by atoms with Gasteiger partial charge in [0.15, 0.2) is 0 Å². The first-order valence-corrected chi connectivity index (χ1v) is 7.79. The van der Waals surface area contributed by atoms with Crippen LogP contribution in [0, 0.1) is 10.1 Å². The van der Waals surface area contributed by atoms with Crippen LogP contribution in [0.1, 0.15) is 15.9 Å². The number of carbonyl (C=O) groups is 1. The molecule has 0 aliphatic carbocycles. The van der Waals surface area contributed by atoms with Gasteiger partial charge in [-0.25, -0.2) is 0 Å². The van der Waals surface area contributed by atoms with Gasteiger partial charge in [0.1, 0.15) is 0 Å². The molecular formula is C18H17N3O4. The minimum atomic E-state index is -0.500. The molecular weight excluding hydrogens is 322 g/mol. The summed E-state index contributed by atoms with van der Waals surface area (Å²) in [5.41, 5.74) is 1.87. The molecule has 1 aromatic heterocycles. The van der Waals surface area contributed by atoms with Gasteiger partial charge < -0.3 is 15.4 Å². The summed E-state index contributed by atoms with van der Waals surface area (Å²) in [4.78, 5) is 25.9. The standard InChI is InChI=1S/C18H17N3O4/c22-11-13(8-12-4-2-1-3-5-12)20-18(23)16-10-19-17-7-6-14(21(24)25)9-15(16)17/h1-7,9-10,13,19,22H,8,11H2,(H,20,23). The summed E-state index contributed by atoms with van der Waals surface area (Å²) in [5, 5.41) is 23.7. The number of nitro groups is 1. The lowest BCUT2D eigenvalue weighted by Crippen LogP contribution is -2.39. The molecule has 7 nitrogen and oxygen atoms in total. The van der Waals surface area contributed by atoms with Gasteiger partial charge in [0.05, 0.1) is 23.1 Å². The second kappa shape index (κ2) is 7.14. The average Bonchev–Trinajstić information content (AvgIpc) is 3.05. The van der Waals surface area contributed by atoms with Gasteiger partial charge in [-0.15, -0.1) is 0 Å². The fourth-order valence-electron chi connectivity index (χ4n) is 2.73. The zero-order valence-electron chi connectivity index (χ0n) is 13.3. The second-order valence-electron chi connectivity index (χ2n) is 5.73. The summed E-state index contributed by atoms with van der Waals surface area (Å²) in [5.74, 6) is -0.387. The van der Waals surface area contributed by atoms with E-state index in [4.69, 9.17) is 0 Å². The Hall–Kier alpha value is -3.19. The molecule has 0 aliphatic rings. The van der Waals surface area contributed by atoms with Crippen LogP contribution in [0.4, 0.5) is 5.69 Å². The molecule has 0 fully saturated rings. The van der Waals surface area contributed by atoms with Gasteiger partial charge in [-0.1, -0.05) is 30.3 Å². The summed E-state index contributed by atoms with van der Waals surface area (Å²) in [6.45, 7) is -0.205. The van der Waals surface area contributed by atoms with Gasteiger partial charge >= 0.3 is 0 Å². The highest BCUT2D eigenvalue weighted by atomic mass is 16.6. The van der Waals surface area contributed by atoms with Gasteiger partial charge in [0, 0.05) is 29.2 Å². The molecule has 1 atom stereocenters. The second-order valence-corrected chi connectivity index (χ2v) is 5.73. The molecule has 0 saturated carbocycles. The first-order chi connectivity index (χ1) is 12.1. The van der Waals surface area contributed by atoms with E-state index < -0.39 is 11.0 Å². The van der Waals surface area contributed by atoms with Crippen molar-refractivity contribution in [3.8, 4) is 0 Å². The molecule has 3 aromatic rings. The minimum Gasteiger partial charge on any atom is -0.394 e. The normalized spacial score (nSPS) is 12.0. The lowest BCUT2D eigenvalue weighted by atomic mass is 10.1. The van der Waals surface area contributed by atoms with Crippen molar-refractivity contribution < 1.29 is 14.8 Å². The van der Waals surface area contributed by atoms with Crippen molar-refractivity contribution in [3.05, 3.63) is 76.0 Å². The van der Waals surface area contributed by atoms with Gasteiger partial charge in [-0.3, -0.25) is 14.9 Å². The number of aromatic amines is 1. The van der Waals surface area contributed by atoms with E-state index in [0.29, 0.717) is 22.9 Å². The SMILES string of the molecule is O=C(NC(CO)Cc1ccccc1)c1c[nH]c2ccc([N+](=O)[O-])cc12. The minimum absolute atomic E-state index is 0.0795. The maximum atomic E-state index is 12.5. The van der Waals surface area contributed by atoms with E-state index in [1.807, 2.05) is 30.3 Å². The van der Waals surface area contributed by atoms with Crippen molar-refractivity contribution in [2.45, 2.75) is 12.5 Å². The molecule has 128 valence electrons. The lowest BCUT2D eigenvalue weighted by molar-refractivity contribution is -0.384. The Bertz CT molecular complexity index is 905. The van der Waals surface area contributed by atoms with Crippen molar-refractivity contribution in [1.82, 2.24) is 10.3 Å². The summed E-state index contributed by atoms with van der Waals surface area (Å²) < 4.78 is 0. The fourth-order valence-corrected chi connectivity index (χ4v) is 2.73. The Balaban J connectivity index is 1.81. The maximum Gasteiger partial charge on any atom is 0.270 e. The fraction of sp³-hybridized carbons (Fsp3) is 0.167. The zero-order chi connectivity index (χ0) is 17.8. The van der Waals surface area contributed by atoms with Crippen LogP contribution in [0.5, 0.6) is 0 Å². The number of fused-ring (bicyclic) bond motifs is 1. The molecule has 0 aliphatic heterocycles. The van der Waals surface area contributed by atoms with Gasteiger partial charge in [0.2, 0.25) is 0 Å². The number of hydrogen-bond acceptors (Lipinski definition) is 4. The molecule has 0 radical (unpaired) electrons. The van der Waals surface area contributed by atoms with E-state index in [9.17, 15) is 20.0 Å². The smallest absolute Gasteiger partial charge is 0.270 e. The number of rotatable bonds is 6. The highest BCUT2D eigenvalue weighted by molar-refractivity contribution is 6.07. The first kappa shape index (κ1) is 16.7. The van der Waals surface area contributed by atoms with Gasteiger partial charge in [-0.2, -0.15) is 0 Å². The van der Waals surface area contributed by atoms with Crippen LogP contribution in [-0.4, -0.2) is 33.6 Å². The molecule has 3 N–H and O–H groups in total. The Labute approximate surface area is 143 Å². The molecule has 1 unspecified atom stereocenters. The number of aliphatic hydroxyl groups excluding tert-OH is 1. The van der Waals surface area contributed by atoms with Gasteiger partial charge in [-0.05, 0) is 18.1 Å². The zero-order valence-corrected chi connectivity index (χ0v) is 13.3. The lowest BCUT2D eigenvalue weighted by Gasteiger charge is -2.16. The van der Waals surface area contributed by atoms with E-state index in [2.05, 4.69) is 10.3 Å².